The number of aromatic hydroxyl groups is 1. The topological polar surface area (TPSA) is 75.4 Å². The summed E-state index contributed by atoms with van der Waals surface area (Å²) in [7, 11) is 0. The molecular weight excluding hydrogens is 244 g/mol. The first-order chi connectivity index (χ1) is 9.06. The number of aryl methyl sites for hydroxylation is 1. The molecule has 2 rings (SSSR count). The molecule has 2 N–H and O–H groups in total. The Labute approximate surface area is 110 Å². The van der Waals surface area contributed by atoms with Gasteiger partial charge in [-0.3, -0.25) is 10.1 Å². The number of nitro groups is 1. The van der Waals surface area contributed by atoms with Crippen LogP contribution in [0.5, 0.6) is 5.75 Å². The van der Waals surface area contributed by atoms with Gasteiger partial charge in [-0.25, -0.2) is 0 Å². The van der Waals surface area contributed by atoms with Crippen LogP contribution in [0.2, 0.25) is 0 Å². The predicted molar refractivity (Wildman–Crippen MR) is 73.3 cm³/mol. The molecule has 0 atom stereocenters. The Morgan fingerprint density at radius 3 is 2.53 bits per heavy atom. The molecule has 0 fully saturated rings. The van der Waals surface area contributed by atoms with Crippen LogP contribution in [0.3, 0.4) is 0 Å². The highest BCUT2D eigenvalue weighted by Crippen LogP contribution is 2.25. The molecule has 5 heteroatoms. The molecule has 0 spiro atoms. The van der Waals surface area contributed by atoms with E-state index < -0.39 is 4.92 Å². The molecule has 0 unspecified atom stereocenters. The fourth-order valence-electron chi connectivity index (χ4n) is 1.75. The van der Waals surface area contributed by atoms with Crippen molar-refractivity contribution in [3.05, 3.63) is 63.7 Å². The summed E-state index contributed by atoms with van der Waals surface area (Å²) in [5.74, 6) is 0.199. The standard InChI is InChI=1S/C14H14N2O3/c1-10-2-7-13(14(8-10)16(18)19)15-9-11-3-5-12(17)6-4-11/h2-8,15,17H,9H2,1H3. The van der Waals surface area contributed by atoms with Gasteiger partial charge in [-0.2, -0.15) is 0 Å². The van der Waals surface area contributed by atoms with Gasteiger partial charge in [0, 0.05) is 12.6 Å². The van der Waals surface area contributed by atoms with E-state index >= 15 is 0 Å². The van der Waals surface area contributed by atoms with Crippen LogP contribution in [0.4, 0.5) is 11.4 Å². The van der Waals surface area contributed by atoms with Crippen molar-refractivity contribution in [3.63, 3.8) is 0 Å². The number of benzene rings is 2. The molecule has 0 bridgehead atoms. The maximum Gasteiger partial charge on any atom is 0.292 e. The summed E-state index contributed by atoms with van der Waals surface area (Å²) in [5.41, 5.74) is 2.34. The van der Waals surface area contributed by atoms with Gasteiger partial charge < -0.3 is 10.4 Å². The van der Waals surface area contributed by atoms with Crippen LogP contribution < -0.4 is 5.32 Å². The minimum absolute atomic E-state index is 0.0683. The van der Waals surface area contributed by atoms with Crippen molar-refractivity contribution in [2.75, 3.05) is 5.32 Å². The van der Waals surface area contributed by atoms with Gasteiger partial charge in [0.05, 0.1) is 4.92 Å². The van der Waals surface area contributed by atoms with Gasteiger partial charge in [0.15, 0.2) is 0 Å². The summed E-state index contributed by atoms with van der Waals surface area (Å²) >= 11 is 0. The second-order valence-corrected chi connectivity index (χ2v) is 4.30. The van der Waals surface area contributed by atoms with Crippen LogP contribution in [-0.4, -0.2) is 10.0 Å². The lowest BCUT2D eigenvalue weighted by atomic mass is 10.1. The second-order valence-electron chi connectivity index (χ2n) is 4.30. The first kappa shape index (κ1) is 12.9. The maximum absolute atomic E-state index is 11.0. The van der Waals surface area contributed by atoms with Crippen molar-refractivity contribution in [2.24, 2.45) is 0 Å². The minimum atomic E-state index is -0.397. The van der Waals surface area contributed by atoms with Gasteiger partial charge in [0.25, 0.3) is 5.69 Å². The van der Waals surface area contributed by atoms with E-state index in [4.69, 9.17) is 0 Å². The van der Waals surface area contributed by atoms with E-state index in [0.717, 1.165) is 11.1 Å². The van der Waals surface area contributed by atoms with E-state index in [1.807, 2.05) is 13.0 Å². The number of anilines is 1. The van der Waals surface area contributed by atoms with Crippen molar-refractivity contribution >= 4 is 11.4 Å². The Kier molecular flexibility index (Phi) is 3.66. The summed E-state index contributed by atoms with van der Waals surface area (Å²) in [6.45, 7) is 2.28. The molecule has 2 aromatic carbocycles. The molecule has 5 nitrogen and oxygen atoms in total. The molecule has 0 saturated carbocycles. The highest BCUT2D eigenvalue weighted by atomic mass is 16.6. The third-order valence-corrected chi connectivity index (χ3v) is 2.77. The maximum atomic E-state index is 11.0. The van der Waals surface area contributed by atoms with Crippen LogP contribution in [0.25, 0.3) is 0 Å². The zero-order chi connectivity index (χ0) is 13.8. The van der Waals surface area contributed by atoms with Crippen LogP contribution in [-0.2, 0) is 6.54 Å². The molecule has 19 heavy (non-hydrogen) atoms. The molecule has 0 saturated heterocycles. The second kappa shape index (κ2) is 5.39. The largest absolute Gasteiger partial charge is 0.508 e. The average Bonchev–Trinajstić information content (AvgIpc) is 2.39. The van der Waals surface area contributed by atoms with Crippen LogP contribution >= 0.6 is 0 Å². The fourth-order valence-corrected chi connectivity index (χ4v) is 1.75. The van der Waals surface area contributed by atoms with Crippen molar-refractivity contribution in [1.29, 1.82) is 0 Å². The van der Waals surface area contributed by atoms with E-state index in [1.165, 1.54) is 0 Å². The fraction of sp³-hybridized carbons (Fsp3) is 0.143. The summed E-state index contributed by atoms with van der Waals surface area (Å²) in [6.07, 6.45) is 0. The van der Waals surface area contributed by atoms with E-state index in [-0.39, 0.29) is 11.4 Å². The quantitative estimate of drug-likeness (QED) is 0.652. The first-order valence-corrected chi connectivity index (χ1v) is 5.83. The van der Waals surface area contributed by atoms with Crippen molar-refractivity contribution in [2.45, 2.75) is 13.5 Å². The number of nitro benzene ring substituents is 1. The van der Waals surface area contributed by atoms with E-state index in [2.05, 4.69) is 5.32 Å². The Morgan fingerprint density at radius 2 is 1.89 bits per heavy atom. The zero-order valence-electron chi connectivity index (χ0n) is 10.5. The Bertz CT molecular complexity index is 594. The van der Waals surface area contributed by atoms with Crippen LogP contribution in [0.15, 0.2) is 42.5 Å². The monoisotopic (exact) mass is 258 g/mol. The van der Waals surface area contributed by atoms with Gasteiger partial charge in [0.2, 0.25) is 0 Å². The summed E-state index contributed by atoms with van der Waals surface area (Å²) in [5, 5.41) is 23.2. The number of nitrogens with zero attached hydrogens (tertiary/aromatic N) is 1. The number of hydrogen-bond acceptors (Lipinski definition) is 4. The molecule has 0 heterocycles. The molecular formula is C14H14N2O3. The number of rotatable bonds is 4. The highest BCUT2D eigenvalue weighted by Gasteiger charge is 2.13. The van der Waals surface area contributed by atoms with Crippen molar-refractivity contribution in [1.82, 2.24) is 0 Å². The zero-order valence-corrected chi connectivity index (χ0v) is 10.5. The molecule has 0 radical (unpaired) electrons. The number of nitrogens with one attached hydrogen (secondary N) is 1. The van der Waals surface area contributed by atoms with Crippen molar-refractivity contribution in [3.8, 4) is 5.75 Å². The lowest BCUT2D eigenvalue weighted by molar-refractivity contribution is -0.384. The lowest BCUT2D eigenvalue weighted by Crippen LogP contribution is -2.02. The van der Waals surface area contributed by atoms with Gasteiger partial charge in [-0.1, -0.05) is 18.2 Å². The minimum Gasteiger partial charge on any atom is -0.508 e. The van der Waals surface area contributed by atoms with E-state index in [9.17, 15) is 15.2 Å². The van der Waals surface area contributed by atoms with Gasteiger partial charge >= 0.3 is 0 Å². The van der Waals surface area contributed by atoms with Gasteiger partial charge in [-0.15, -0.1) is 0 Å². The number of phenolic OH excluding ortho intramolecular Hbond substituents is 1. The molecule has 0 aliphatic heterocycles. The lowest BCUT2D eigenvalue weighted by Gasteiger charge is -2.08. The van der Waals surface area contributed by atoms with E-state index in [0.29, 0.717) is 12.2 Å². The van der Waals surface area contributed by atoms with Crippen molar-refractivity contribution < 1.29 is 10.0 Å². The first-order valence-electron chi connectivity index (χ1n) is 5.83. The Balaban J connectivity index is 2.15. The van der Waals surface area contributed by atoms with E-state index in [1.54, 1.807) is 36.4 Å². The molecule has 2 aromatic rings. The third-order valence-electron chi connectivity index (χ3n) is 2.77. The normalized spacial score (nSPS) is 10.2. The van der Waals surface area contributed by atoms with Gasteiger partial charge in [-0.05, 0) is 36.2 Å². The molecule has 0 amide bonds. The molecule has 0 aliphatic carbocycles. The number of hydrogen-bond donors (Lipinski definition) is 2. The van der Waals surface area contributed by atoms with Gasteiger partial charge in [0.1, 0.15) is 11.4 Å². The van der Waals surface area contributed by atoms with Crippen LogP contribution in [0.1, 0.15) is 11.1 Å². The summed E-state index contributed by atoms with van der Waals surface area (Å²) in [6, 6.07) is 11.8. The molecule has 98 valence electrons. The predicted octanol–water partition coefficient (Wildman–Crippen LogP) is 3.22. The number of phenols is 1. The summed E-state index contributed by atoms with van der Waals surface area (Å²) in [4.78, 5) is 10.6. The Hall–Kier alpha value is -2.56. The smallest absolute Gasteiger partial charge is 0.292 e. The molecule has 0 aromatic heterocycles. The van der Waals surface area contributed by atoms with Crippen LogP contribution in [0, 0.1) is 17.0 Å². The summed E-state index contributed by atoms with van der Waals surface area (Å²) < 4.78 is 0. The SMILES string of the molecule is Cc1ccc(NCc2ccc(O)cc2)c([N+](=O)[O-])c1. The average molecular weight is 258 g/mol. The Morgan fingerprint density at radius 1 is 1.21 bits per heavy atom. The highest BCUT2D eigenvalue weighted by molar-refractivity contribution is 5.62. The molecule has 0 aliphatic rings. The third kappa shape index (κ3) is 3.22.